The largest absolute Gasteiger partial charge is 0.352 e. The molecule has 0 saturated carbocycles. The molecule has 0 spiro atoms. The van der Waals surface area contributed by atoms with Gasteiger partial charge in [0, 0.05) is 5.54 Å². The summed E-state index contributed by atoms with van der Waals surface area (Å²) in [5, 5.41) is 5.62. The number of carbonyl (C=O) groups is 2. The van der Waals surface area contributed by atoms with E-state index in [0.717, 1.165) is 17.5 Å². The Labute approximate surface area is 126 Å². The molecule has 0 bridgehead atoms. The van der Waals surface area contributed by atoms with Crippen LogP contribution in [0.3, 0.4) is 0 Å². The smallest absolute Gasteiger partial charge is 0.312 e. The number of carbonyl (C=O) groups excluding carboxylic acids is 2. The molecule has 21 heavy (non-hydrogen) atoms. The summed E-state index contributed by atoms with van der Waals surface area (Å²) in [5.41, 5.74) is 6.88. The summed E-state index contributed by atoms with van der Waals surface area (Å²) in [6, 6.07) is 6.58. The standard InChI is InChI=1S/C16H25N3O2/c1-5-16(3,4)19-14(20)10-13(18-15(17)21)12-9-7-6-8-11(12)2/h6-9,13H,5,10H2,1-4H3,(H,19,20)(H3,17,18,21)/t13-/m1/s1. The third-order valence-electron chi connectivity index (χ3n) is 3.63. The Morgan fingerprint density at radius 2 is 1.90 bits per heavy atom. The number of primary amides is 1. The zero-order valence-corrected chi connectivity index (χ0v) is 13.2. The Balaban J connectivity index is 2.87. The molecule has 0 aliphatic rings. The van der Waals surface area contributed by atoms with Crippen molar-refractivity contribution >= 4 is 11.9 Å². The van der Waals surface area contributed by atoms with Crippen LogP contribution >= 0.6 is 0 Å². The Morgan fingerprint density at radius 3 is 2.43 bits per heavy atom. The van der Waals surface area contributed by atoms with Crippen LogP contribution in [0.4, 0.5) is 4.79 Å². The molecule has 0 aliphatic carbocycles. The van der Waals surface area contributed by atoms with Crippen LogP contribution in [0.25, 0.3) is 0 Å². The summed E-state index contributed by atoms with van der Waals surface area (Å²) in [4.78, 5) is 23.4. The van der Waals surface area contributed by atoms with Crippen LogP contribution in [0.1, 0.15) is 50.8 Å². The number of hydrogen-bond donors (Lipinski definition) is 3. The molecule has 1 aromatic carbocycles. The van der Waals surface area contributed by atoms with Gasteiger partial charge in [-0.15, -0.1) is 0 Å². The van der Waals surface area contributed by atoms with Crippen molar-refractivity contribution in [1.82, 2.24) is 10.6 Å². The van der Waals surface area contributed by atoms with Gasteiger partial charge < -0.3 is 16.4 Å². The fraction of sp³-hybridized carbons (Fsp3) is 0.500. The van der Waals surface area contributed by atoms with E-state index >= 15 is 0 Å². The summed E-state index contributed by atoms with van der Waals surface area (Å²) in [7, 11) is 0. The molecule has 5 heteroatoms. The molecule has 0 heterocycles. The van der Waals surface area contributed by atoms with E-state index in [2.05, 4.69) is 10.6 Å². The van der Waals surface area contributed by atoms with Gasteiger partial charge in [-0.05, 0) is 38.3 Å². The molecule has 5 nitrogen and oxygen atoms in total. The van der Waals surface area contributed by atoms with Gasteiger partial charge in [-0.3, -0.25) is 4.79 Å². The lowest BCUT2D eigenvalue weighted by atomic mass is 9.97. The zero-order chi connectivity index (χ0) is 16.0. The zero-order valence-electron chi connectivity index (χ0n) is 13.2. The highest BCUT2D eigenvalue weighted by Crippen LogP contribution is 2.21. The van der Waals surface area contributed by atoms with E-state index in [1.807, 2.05) is 52.0 Å². The summed E-state index contributed by atoms with van der Waals surface area (Å²) in [6.07, 6.45) is 0.994. The topological polar surface area (TPSA) is 84.2 Å². The quantitative estimate of drug-likeness (QED) is 0.752. The lowest BCUT2D eigenvalue weighted by Crippen LogP contribution is -2.45. The van der Waals surface area contributed by atoms with Gasteiger partial charge in [-0.2, -0.15) is 0 Å². The van der Waals surface area contributed by atoms with Crippen LogP contribution in [0.2, 0.25) is 0 Å². The number of nitrogens with two attached hydrogens (primary N) is 1. The predicted octanol–water partition coefficient (Wildman–Crippen LogP) is 2.40. The van der Waals surface area contributed by atoms with Crippen LogP contribution in [-0.4, -0.2) is 17.5 Å². The monoisotopic (exact) mass is 291 g/mol. The fourth-order valence-corrected chi connectivity index (χ4v) is 2.09. The van der Waals surface area contributed by atoms with Gasteiger partial charge in [0.15, 0.2) is 0 Å². The van der Waals surface area contributed by atoms with E-state index in [1.165, 1.54) is 0 Å². The first-order valence-corrected chi connectivity index (χ1v) is 7.17. The number of rotatable bonds is 6. The molecule has 1 atom stereocenters. The fourth-order valence-electron chi connectivity index (χ4n) is 2.09. The molecule has 116 valence electrons. The number of nitrogens with one attached hydrogen (secondary N) is 2. The van der Waals surface area contributed by atoms with Crippen LogP contribution < -0.4 is 16.4 Å². The number of hydrogen-bond acceptors (Lipinski definition) is 2. The normalized spacial score (nSPS) is 12.6. The SMILES string of the molecule is CCC(C)(C)NC(=O)C[C@@H](NC(N)=O)c1ccccc1C. The summed E-state index contributed by atoms with van der Waals surface area (Å²) >= 11 is 0. The van der Waals surface area contributed by atoms with E-state index in [4.69, 9.17) is 5.73 Å². The van der Waals surface area contributed by atoms with Gasteiger partial charge in [0.05, 0.1) is 12.5 Å². The van der Waals surface area contributed by atoms with Gasteiger partial charge in [-0.25, -0.2) is 4.79 Å². The summed E-state index contributed by atoms with van der Waals surface area (Å²) < 4.78 is 0. The van der Waals surface area contributed by atoms with Crippen LogP contribution in [0.15, 0.2) is 24.3 Å². The number of benzene rings is 1. The molecule has 0 aliphatic heterocycles. The van der Waals surface area contributed by atoms with Crippen molar-refractivity contribution in [1.29, 1.82) is 0 Å². The second-order valence-corrected chi connectivity index (χ2v) is 5.91. The molecule has 0 aromatic heterocycles. The lowest BCUT2D eigenvalue weighted by molar-refractivity contribution is -0.123. The van der Waals surface area contributed by atoms with Crippen molar-refractivity contribution in [2.75, 3.05) is 0 Å². The molecule has 1 aromatic rings. The molecular formula is C16H25N3O2. The van der Waals surface area contributed by atoms with Crippen LogP contribution in [0.5, 0.6) is 0 Å². The van der Waals surface area contributed by atoms with E-state index in [-0.39, 0.29) is 17.9 Å². The first-order chi connectivity index (χ1) is 9.75. The maximum atomic E-state index is 12.2. The highest BCUT2D eigenvalue weighted by atomic mass is 16.2. The van der Waals surface area contributed by atoms with E-state index in [1.54, 1.807) is 0 Å². The molecule has 0 saturated heterocycles. The van der Waals surface area contributed by atoms with Crippen molar-refractivity contribution in [2.24, 2.45) is 5.73 Å². The van der Waals surface area contributed by atoms with Gasteiger partial charge in [0.2, 0.25) is 5.91 Å². The minimum atomic E-state index is -0.634. The average Bonchev–Trinajstić information content (AvgIpc) is 2.37. The van der Waals surface area contributed by atoms with E-state index < -0.39 is 12.1 Å². The van der Waals surface area contributed by atoms with Crippen molar-refractivity contribution < 1.29 is 9.59 Å². The number of aryl methyl sites for hydroxylation is 1. The van der Waals surface area contributed by atoms with Gasteiger partial charge in [0.25, 0.3) is 0 Å². The minimum absolute atomic E-state index is 0.108. The van der Waals surface area contributed by atoms with Gasteiger partial charge in [-0.1, -0.05) is 31.2 Å². The molecule has 3 amide bonds. The summed E-state index contributed by atoms with van der Waals surface area (Å²) in [6.45, 7) is 7.89. The third-order valence-corrected chi connectivity index (χ3v) is 3.63. The Kier molecular flexibility index (Phi) is 5.76. The highest BCUT2D eigenvalue weighted by molar-refractivity contribution is 5.79. The highest BCUT2D eigenvalue weighted by Gasteiger charge is 2.23. The van der Waals surface area contributed by atoms with Crippen molar-refractivity contribution in [3.63, 3.8) is 0 Å². The predicted molar refractivity (Wildman–Crippen MR) is 83.8 cm³/mol. The third kappa shape index (κ3) is 5.45. The van der Waals surface area contributed by atoms with Crippen molar-refractivity contribution in [2.45, 2.75) is 52.1 Å². The molecule has 0 radical (unpaired) electrons. The second-order valence-electron chi connectivity index (χ2n) is 5.91. The first-order valence-electron chi connectivity index (χ1n) is 7.17. The average molecular weight is 291 g/mol. The molecule has 0 fully saturated rings. The minimum Gasteiger partial charge on any atom is -0.352 e. The van der Waals surface area contributed by atoms with Crippen LogP contribution in [0, 0.1) is 6.92 Å². The van der Waals surface area contributed by atoms with Crippen molar-refractivity contribution in [3.8, 4) is 0 Å². The number of amides is 3. The van der Waals surface area contributed by atoms with Crippen LogP contribution in [-0.2, 0) is 4.79 Å². The summed E-state index contributed by atoms with van der Waals surface area (Å²) in [5.74, 6) is -0.108. The van der Waals surface area contributed by atoms with Crippen molar-refractivity contribution in [3.05, 3.63) is 35.4 Å². The Bertz CT molecular complexity index is 512. The maximum absolute atomic E-state index is 12.2. The van der Waals surface area contributed by atoms with E-state index in [9.17, 15) is 9.59 Å². The second kappa shape index (κ2) is 7.11. The number of urea groups is 1. The van der Waals surface area contributed by atoms with Gasteiger partial charge in [0.1, 0.15) is 0 Å². The van der Waals surface area contributed by atoms with Gasteiger partial charge >= 0.3 is 6.03 Å². The molecule has 0 unspecified atom stereocenters. The Morgan fingerprint density at radius 1 is 1.29 bits per heavy atom. The first kappa shape index (κ1) is 17.0. The Hall–Kier alpha value is -2.04. The lowest BCUT2D eigenvalue weighted by Gasteiger charge is -2.26. The van der Waals surface area contributed by atoms with E-state index in [0.29, 0.717) is 0 Å². The molecule has 4 N–H and O–H groups in total. The molecule has 1 rings (SSSR count). The molecular weight excluding hydrogens is 266 g/mol. The maximum Gasteiger partial charge on any atom is 0.312 e.